The van der Waals surface area contributed by atoms with Gasteiger partial charge in [0.2, 0.25) is 6.29 Å². The van der Waals surface area contributed by atoms with Crippen molar-refractivity contribution in [2.75, 3.05) is 0 Å². The van der Waals surface area contributed by atoms with Gasteiger partial charge in [-0.25, -0.2) is 4.79 Å². The molecular weight excluding hydrogens is 148 g/mol. The number of ether oxygens (including phenoxy) is 1. The summed E-state index contributed by atoms with van der Waals surface area (Å²) >= 11 is 0. The Morgan fingerprint density at radius 2 is 2.18 bits per heavy atom. The number of rotatable bonds is 4. The second-order valence-electron chi connectivity index (χ2n) is 2.59. The van der Waals surface area contributed by atoms with Crippen molar-refractivity contribution in [3.63, 3.8) is 0 Å². The maximum atomic E-state index is 9.90. The van der Waals surface area contributed by atoms with Crippen LogP contribution in [0.25, 0.3) is 0 Å². The van der Waals surface area contributed by atoms with E-state index in [1.807, 2.05) is 13.8 Å². The van der Waals surface area contributed by atoms with Crippen LogP contribution in [0.1, 0.15) is 26.7 Å². The smallest absolute Gasteiger partial charge is 0.450 e. The maximum Gasteiger partial charge on any atom is 0.508 e. The van der Waals surface area contributed by atoms with E-state index in [0.717, 1.165) is 6.42 Å². The van der Waals surface area contributed by atoms with Crippen LogP contribution in [0.5, 0.6) is 0 Å². The van der Waals surface area contributed by atoms with Gasteiger partial charge in [-0.2, -0.15) is 0 Å². The first-order valence-electron chi connectivity index (χ1n) is 3.63. The Morgan fingerprint density at radius 3 is 2.55 bits per heavy atom. The van der Waals surface area contributed by atoms with Gasteiger partial charge in [0, 0.05) is 6.42 Å². The summed E-state index contributed by atoms with van der Waals surface area (Å²) in [5, 5.41) is 17.0. The van der Waals surface area contributed by atoms with Gasteiger partial charge in [0.25, 0.3) is 0 Å². The molecule has 0 aliphatic heterocycles. The topological polar surface area (TPSA) is 66.8 Å². The van der Waals surface area contributed by atoms with E-state index in [1.165, 1.54) is 0 Å². The van der Waals surface area contributed by atoms with Crippen LogP contribution < -0.4 is 0 Å². The minimum atomic E-state index is -1.43. The fourth-order valence-corrected chi connectivity index (χ4v) is 0.675. The van der Waals surface area contributed by atoms with Crippen LogP contribution in [0, 0.1) is 5.92 Å². The molecule has 0 saturated heterocycles. The van der Waals surface area contributed by atoms with E-state index >= 15 is 0 Å². The first-order chi connectivity index (χ1) is 5.06. The van der Waals surface area contributed by atoms with Gasteiger partial charge in [-0.15, -0.1) is 0 Å². The molecule has 2 atom stereocenters. The van der Waals surface area contributed by atoms with Crippen LogP contribution in [0.3, 0.4) is 0 Å². The number of carboxylic acid groups (broad SMARTS) is 1. The molecule has 4 heteroatoms. The summed E-state index contributed by atoms with van der Waals surface area (Å²) in [6.07, 6.45) is -1.34. The van der Waals surface area contributed by atoms with Crippen LogP contribution in [0.4, 0.5) is 4.79 Å². The molecule has 0 bridgehead atoms. The van der Waals surface area contributed by atoms with E-state index < -0.39 is 12.4 Å². The summed E-state index contributed by atoms with van der Waals surface area (Å²) in [6, 6.07) is 0. The van der Waals surface area contributed by atoms with Crippen LogP contribution in [0.15, 0.2) is 0 Å². The van der Waals surface area contributed by atoms with Crippen molar-refractivity contribution in [1.82, 2.24) is 0 Å². The van der Waals surface area contributed by atoms with Crippen molar-refractivity contribution >= 4 is 6.16 Å². The molecule has 66 valence electrons. The summed E-state index contributed by atoms with van der Waals surface area (Å²) in [5.41, 5.74) is 0. The van der Waals surface area contributed by atoms with E-state index in [2.05, 4.69) is 4.74 Å². The molecule has 0 rings (SSSR count). The van der Waals surface area contributed by atoms with Gasteiger partial charge in [0.15, 0.2) is 0 Å². The van der Waals surface area contributed by atoms with Crippen molar-refractivity contribution < 1.29 is 19.7 Å². The lowest BCUT2D eigenvalue weighted by molar-refractivity contribution is -0.0815. The van der Waals surface area contributed by atoms with Gasteiger partial charge in [-0.3, -0.25) is 0 Å². The van der Waals surface area contributed by atoms with Crippen molar-refractivity contribution in [2.45, 2.75) is 33.0 Å². The number of aliphatic hydroxyl groups excluding tert-OH is 1. The van der Waals surface area contributed by atoms with Crippen LogP contribution >= 0.6 is 0 Å². The highest BCUT2D eigenvalue weighted by molar-refractivity contribution is 5.56. The molecular formula is C7H14O4. The molecule has 0 heterocycles. The van der Waals surface area contributed by atoms with Crippen LogP contribution in [-0.4, -0.2) is 22.7 Å². The monoisotopic (exact) mass is 162 g/mol. The molecule has 0 amide bonds. The highest BCUT2D eigenvalue weighted by Gasteiger charge is 2.12. The highest BCUT2D eigenvalue weighted by Crippen LogP contribution is 2.10. The zero-order valence-electron chi connectivity index (χ0n) is 6.78. The number of carbonyl (C=O) groups is 1. The Labute approximate surface area is 65.8 Å². The fourth-order valence-electron chi connectivity index (χ4n) is 0.675. The second-order valence-corrected chi connectivity index (χ2v) is 2.59. The van der Waals surface area contributed by atoms with Gasteiger partial charge in [0.1, 0.15) is 0 Å². The zero-order chi connectivity index (χ0) is 8.85. The molecule has 0 fully saturated rings. The van der Waals surface area contributed by atoms with E-state index in [9.17, 15) is 4.79 Å². The number of hydrogen-bond acceptors (Lipinski definition) is 3. The number of aliphatic hydroxyl groups is 1. The van der Waals surface area contributed by atoms with Crippen molar-refractivity contribution in [2.24, 2.45) is 5.92 Å². The lowest BCUT2D eigenvalue weighted by Gasteiger charge is -2.12. The zero-order valence-corrected chi connectivity index (χ0v) is 6.78. The fraction of sp³-hybridized carbons (Fsp3) is 0.857. The average Bonchev–Trinajstić information content (AvgIpc) is 1.85. The van der Waals surface area contributed by atoms with Gasteiger partial charge in [-0.1, -0.05) is 20.3 Å². The van der Waals surface area contributed by atoms with E-state index in [0.29, 0.717) is 6.42 Å². The third kappa shape index (κ3) is 5.66. The van der Waals surface area contributed by atoms with Gasteiger partial charge >= 0.3 is 6.16 Å². The Bertz CT molecular complexity index is 124. The molecule has 2 unspecified atom stereocenters. The summed E-state index contributed by atoms with van der Waals surface area (Å²) in [7, 11) is 0. The molecule has 0 aliphatic carbocycles. The molecule has 2 N–H and O–H groups in total. The first-order valence-corrected chi connectivity index (χ1v) is 3.63. The molecule has 0 spiro atoms. The van der Waals surface area contributed by atoms with Crippen molar-refractivity contribution in [1.29, 1.82) is 0 Å². The molecule has 0 radical (unpaired) electrons. The minimum Gasteiger partial charge on any atom is -0.450 e. The summed E-state index contributed by atoms with van der Waals surface area (Å²) in [6.45, 7) is 3.90. The summed E-state index contributed by atoms with van der Waals surface area (Å²) < 4.78 is 4.09. The second kappa shape index (κ2) is 4.96. The summed E-state index contributed by atoms with van der Waals surface area (Å²) in [4.78, 5) is 9.90. The van der Waals surface area contributed by atoms with Crippen molar-refractivity contribution in [3.8, 4) is 0 Å². The average molecular weight is 162 g/mol. The van der Waals surface area contributed by atoms with Crippen LogP contribution in [0.2, 0.25) is 0 Å². The van der Waals surface area contributed by atoms with Crippen LogP contribution in [-0.2, 0) is 4.74 Å². The third-order valence-corrected chi connectivity index (χ3v) is 1.54. The normalized spacial score (nSPS) is 15.5. The van der Waals surface area contributed by atoms with Gasteiger partial charge in [0.05, 0.1) is 0 Å². The number of hydrogen-bond donors (Lipinski definition) is 2. The molecule has 0 aromatic heterocycles. The molecule has 11 heavy (non-hydrogen) atoms. The van der Waals surface area contributed by atoms with Crippen molar-refractivity contribution in [3.05, 3.63) is 0 Å². The molecule has 0 aliphatic rings. The maximum absolute atomic E-state index is 9.90. The predicted molar refractivity (Wildman–Crippen MR) is 39.2 cm³/mol. The molecule has 4 nitrogen and oxygen atoms in total. The first kappa shape index (κ1) is 10.2. The Kier molecular flexibility index (Phi) is 4.61. The quantitative estimate of drug-likeness (QED) is 0.484. The summed E-state index contributed by atoms with van der Waals surface area (Å²) in [5.74, 6) is 0.282. The lowest BCUT2D eigenvalue weighted by Crippen LogP contribution is -2.18. The van der Waals surface area contributed by atoms with E-state index in [4.69, 9.17) is 10.2 Å². The van der Waals surface area contributed by atoms with E-state index in [-0.39, 0.29) is 5.92 Å². The third-order valence-electron chi connectivity index (χ3n) is 1.54. The predicted octanol–water partition coefficient (Wildman–Crippen LogP) is 1.44. The largest absolute Gasteiger partial charge is 0.508 e. The Balaban J connectivity index is 3.51. The Morgan fingerprint density at radius 1 is 1.64 bits per heavy atom. The minimum absolute atomic E-state index is 0.282. The molecule has 0 aromatic carbocycles. The van der Waals surface area contributed by atoms with E-state index in [1.54, 1.807) is 0 Å². The molecule has 0 aromatic rings. The highest BCUT2D eigenvalue weighted by atomic mass is 16.7. The standard InChI is InChI=1S/C7H14O4/c1-3-5(2)4-6(8)11-7(9)10/h5-6,8H,3-4H2,1-2H3,(H,9,10). The van der Waals surface area contributed by atoms with Gasteiger partial charge in [-0.05, 0) is 5.92 Å². The Hall–Kier alpha value is -0.770. The van der Waals surface area contributed by atoms with Gasteiger partial charge < -0.3 is 14.9 Å². The lowest BCUT2D eigenvalue weighted by atomic mass is 10.1. The molecule has 0 saturated carbocycles. The SMILES string of the molecule is CCC(C)CC(O)OC(=O)O.